The van der Waals surface area contributed by atoms with Gasteiger partial charge in [-0.3, -0.25) is 0 Å². The first-order chi connectivity index (χ1) is 7.47. The summed E-state index contributed by atoms with van der Waals surface area (Å²) in [6.45, 7) is 14.1. The van der Waals surface area contributed by atoms with Crippen molar-refractivity contribution in [3.8, 4) is 0 Å². The molecule has 0 aromatic carbocycles. The Kier molecular flexibility index (Phi) is 4.60. The van der Waals surface area contributed by atoms with Crippen molar-refractivity contribution in [2.45, 2.75) is 47.6 Å². The molecular weight excluding hydrogens is 198 g/mol. The predicted molar refractivity (Wildman–Crippen MR) is 68.6 cm³/mol. The maximum absolute atomic E-state index is 5.63. The number of aryl methyl sites for hydroxylation is 2. The van der Waals surface area contributed by atoms with E-state index in [0.29, 0.717) is 17.9 Å². The van der Waals surface area contributed by atoms with Crippen LogP contribution in [0.25, 0.3) is 0 Å². The fourth-order valence-electron chi connectivity index (χ4n) is 2.14. The van der Waals surface area contributed by atoms with Crippen molar-refractivity contribution >= 4 is 0 Å². The summed E-state index contributed by atoms with van der Waals surface area (Å²) in [5.41, 5.74) is 1.32. The second-order valence-corrected chi connectivity index (χ2v) is 5.01. The maximum Gasteiger partial charge on any atom is 0.105 e. The molecule has 0 aliphatic carbocycles. The Labute approximate surface area is 99.4 Å². The molecule has 1 heterocycles. The average molecular weight is 223 g/mol. The van der Waals surface area contributed by atoms with Gasteiger partial charge in [-0.05, 0) is 38.3 Å². The van der Waals surface area contributed by atoms with Crippen LogP contribution in [-0.4, -0.2) is 6.54 Å². The summed E-state index contributed by atoms with van der Waals surface area (Å²) in [6.07, 6.45) is 0. The SMILES string of the molecule is CCNC(c1cc(C)oc1C)C(C)C(C)C. The van der Waals surface area contributed by atoms with Gasteiger partial charge in [0.1, 0.15) is 11.5 Å². The van der Waals surface area contributed by atoms with E-state index in [2.05, 4.69) is 46.0 Å². The van der Waals surface area contributed by atoms with E-state index in [1.54, 1.807) is 0 Å². The zero-order chi connectivity index (χ0) is 12.3. The van der Waals surface area contributed by atoms with Crippen LogP contribution in [0, 0.1) is 25.7 Å². The van der Waals surface area contributed by atoms with Crippen LogP contribution in [0.4, 0.5) is 0 Å². The van der Waals surface area contributed by atoms with Gasteiger partial charge in [-0.15, -0.1) is 0 Å². The summed E-state index contributed by atoms with van der Waals surface area (Å²) in [4.78, 5) is 0. The predicted octanol–water partition coefficient (Wildman–Crippen LogP) is 3.84. The fraction of sp³-hybridized carbons (Fsp3) is 0.714. The van der Waals surface area contributed by atoms with Crippen molar-refractivity contribution in [3.63, 3.8) is 0 Å². The number of hydrogen-bond acceptors (Lipinski definition) is 2. The van der Waals surface area contributed by atoms with Gasteiger partial charge in [0.15, 0.2) is 0 Å². The van der Waals surface area contributed by atoms with Crippen molar-refractivity contribution in [1.29, 1.82) is 0 Å². The summed E-state index contributed by atoms with van der Waals surface area (Å²) in [5.74, 6) is 3.33. The summed E-state index contributed by atoms with van der Waals surface area (Å²) < 4.78 is 5.63. The topological polar surface area (TPSA) is 25.2 Å². The molecule has 0 fully saturated rings. The van der Waals surface area contributed by atoms with Gasteiger partial charge in [0.25, 0.3) is 0 Å². The Bertz CT molecular complexity index is 327. The zero-order valence-electron chi connectivity index (χ0n) is 11.4. The first kappa shape index (κ1) is 13.3. The van der Waals surface area contributed by atoms with Crippen molar-refractivity contribution in [2.24, 2.45) is 11.8 Å². The van der Waals surface area contributed by atoms with Crippen LogP contribution in [0.15, 0.2) is 10.5 Å². The van der Waals surface area contributed by atoms with E-state index in [9.17, 15) is 0 Å². The molecule has 2 atom stereocenters. The van der Waals surface area contributed by atoms with Gasteiger partial charge in [-0.25, -0.2) is 0 Å². The largest absolute Gasteiger partial charge is 0.466 e. The van der Waals surface area contributed by atoms with Crippen molar-refractivity contribution in [2.75, 3.05) is 6.54 Å². The van der Waals surface area contributed by atoms with Gasteiger partial charge in [0, 0.05) is 11.6 Å². The number of furan rings is 1. The molecule has 16 heavy (non-hydrogen) atoms. The highest BCUT2D eigenvalue weighted by atomic mass is 16.3. The number of rotatable bonds is 5. The first-order valence-electron chi connectivity index (χ1n) is 6.27. The molecule has 0 amide bonds. The number of hydrogen-bond donors (Lipinski definition) is 1. The molecule has 0 radical (unpaired) electrons. The standard InChI is InChI=1S/C14H25NO/c1-7-15-14(11(5)9(2)3)13-8-10(4)16-12(13)6/h8-9,11,14-15H,7H2,1-6H3. The van der Waals surface area contributed by atoms with E-state index in [-0.39, 0.29) is 0 Å². The molecule has 0 spiro atoms. The van der Waals surface area contributed by atoms with Crippen LogP contribution in [-0.2, 0) is 0 Å². The fourth-order valence-corrected chi connectivity index (χ4v) is 2.14. The molecule has 2 unspecified atom stereocenters. The van der Waals surface area contributed by atoms with Crippen LogP contribution in [0.5, 0.6) is 0 Å². The van der Waals surface area contributed by atoms with E-state index in [4.69, 9.17) is 4.42 Å². The molecule has 0 aliphatic rings. The third kappa shape index (κ3) is 2.88. The monoisotopic (exact) mass is 223 g/mol. The Morgan fingerprint density at radius 1 is 1.25 bits per heavy atom. The van der Waals surface area contributed by atoms with Crippen molar-refractivity contribution in [3.05, 3.63) is 23.2 Å². The normalized spacial score (nSPS) is 15.4. The highest BCUT2D eigenvalue weighted by molar-refractivity contribution is 5.24. The highest BCUT2D eigenvalue weighted by Crippen LogP contribution is 2.31. The Balaban J connectivity index is 2.97. The summed E-state index contributed by atoms with van der Waals surface area (Å²) >= 11 is 0. The van der Waals surface area contributed by atoms with Crippen LogP contribution in [0.2, 0.25) is 0 Å². The van der Waals surface area contributed by atoms with Crippen molar-refractivity contribution in [1.82, 2.24) is 5.32 Å². The summed E-state index contributed by atoms with van der Waals surface area (Å²) in [7, 11) is 0. The molecule has 0 aliphatic heterocycles. The van der Waals surface area contributed by atoms with Gasteiger partial charge in [0.05, 0.1) is 0 Å². The van der Waals surface area contributed by atoms with Gasteiger partial charge < -0.3 is 9.73 Å². The third-order valence-electron chi connectivity index (χ3n) is 3.42. The summed E-state index contributed by atoms with van der Waals surface area (Å²) in [5, 5.41) is 3.57. The van der Waals surface area contributed by atoms with Crippen LogP contribution < -0.4 is 5.32 Å². The molecule has 0 saturated carbocycles. The zero-order valence-corrected chi connectivity index (χ0v) is 11.4. The van der Waals surface area contributed by atoms with Gasteiger partial charge in [0.2, 0.25) is 0 Å². The molecule has 2 nitrogen and oxygen atoms in total. The minimum atomic E-state index is 0.405. The van der Waals surface area contributed by atoms with E-state index in [0.717, 1.165) is 18.1 Å². The quantitative estimate of drug-likeness (QED) is 0.820. The lowest BCUT2D eigenvalue weighted by atomic mass is 9.86. The minimum Gasteiger partial charge on any atom is -0.466 e. The van der Waals surface area contributed by atoms with Crippen LogP contribution in [0.3, 0.4) is 0 Å². The third-order valence-corrected chi connectivity index (χ3v) is 3.42. The van der Waals surface area contributed by atoms with E-state index in [1.807, 2.05) is 6.92 Å². The molecule has 2 heteroatoms. The Hall–Kier alpha value is -0.760. The smallest absolute Gasteiger partial charge is 0.105 e. The lowest BCUT2D eigenvalue weighted by Crippen LogP contribution is -2.29. The minimum absolute atomic E-state index is 0.405. The second-order valence-electron chi connectivity index (χ2n) is 5.01. The lowest BCUT2D eigenvalue weighted by Gasteiger charge is -2.27. The second kappa shape index (κ2) is 5.53. The van der Waals surface area contributed by atoms with Crippen LogP contribution in [0.1, 0.15) is 50.8 Å². The Morgan fingerprint density at radius 2 is 1.88 bits per heavy atom. The van der Waals surface area contributed by atoms with E-state index in [1.165, 1.54) is 5.56 Å². The molecule has 92 valence electrons. The molecule has 0 saturated heterocycles. The highest BCUT2D eigenvalue weighted by Gasteiger charge is 2.24. The van der Waals surface area contributed by atoms with Gasteiger partial charge in [-0.1, -0.05) is 27.7 Å². The molecule has 1 aromatic rings. The molecule has 1 aromatic heterocycles. The molecule has 1 N–H and O–H groups in total. The van der Waals surface area contributed by atoms with Crippen LogP contribution >= 0.6 is 0 Å². The summed E-state index contributed by atoms with van der Waals surface area (Å²) in [6, 6.07) is 2.57. The molecular formula is C14H25NO. The first-order valence-corrected chi connectivity index (χ1v) is 6.27. The van der Waals surface area contributed by atoms with Gasteiger partial charge in [-0.2, -0.15) is 0 Å². The van der Waals surface area contributed by atoms with Gasteiger partial charge >= 0.3 is 0 Å². The lowest BCUT2D eigenvalue weighted by molar-refractivity contribution is 0.304. The van der Waals surface area contributed by atoms with Crippen molar-refractivity contribution < 1.29 is 4.42 Å². The molecule has 1 rings (SSSR count). The average Bonchev–Trinajstić information content (AvgIpc) is 2.53. The number of nitrogens with one attached hydrogen (secondary N) is 1. The Morgan fingerprint density at radius 3 is 2.25 bits per heavy atom. The van der Waals surface area contributed by atoms with E-state index < -0.39 is 0 Å². The molecule has 0 bridgehead atoms. The maximum atomic E-state index is 5.63. The van der Waals surface area contributed by atoms with E-state index >= 15 is 0 Å².